The molecule has 0 radical (unpaired) electrons. The largest absolute Gasteiger partial charge is 0.373 e. The molecule has 0 amide bonds. The van der Waals surface area contributed by atoms with Gasteiger partial charge >= 0.3 is 0 Å². The average Bonchev–Trinajstić information content (AvgIpc) is 3.45. The van der Waals surface area contributed by atoms with E-state index in [4.69, 9.17) is 23.2 Å². The van der Waals surface area contributed by atoms with E-state index in [2.05, 4.69) is 28.8 Å². The van der Waals surface area contributed by atoms with Crippen molar-refractivity contribution in [3.8, 4) is 0 Å². The van der Waals surface area contributed by atoms with Crippen LogP contribution in [0.1, 0.15) is 18.9 Å². The lowest BCUT2D eigenvalue weighted by Gasteiger charge is -2.45. The zero-order valence-electron chi connectivity index (χ0n) is 14.8. The first-order chi connectivity index (χ1) is 12.9. The summed E-state index contributed by atoms with van der Waals surface area (Å²) in [6.45, 7) is 8.92. The van der Waals surface area contributed by atoms with E-state index in [9.17, 15) is 4.79 Å². The van der Waals surface area contributed by atoms with Crippen LogP contribution in [-0.4, -0.2) is 28.2 Å². The Labute approximate surface area is 167 Å². The molecule has 2 heterocycles. The van der Waals surface area contributed by atoms with Gasteiger partial charge in [-0.05, 0) is 36.6 Å². The van der Waals surface area contributed by atoms with Gasteiger partial charge in [-0.2, -0.15) is 0 Å². The molecule has 1 saturated heterocycles. The summed E-state index contributed by atoms with van der Waals surface area (Å²) < 4.78 is 1.73. The van der Waals surface area contributed by atoms with Gasteiger partial charge in [-0.25, -0.2) is 4.98 Å². The van der Waals surface area contributed by atoms with Crippen LogP contribution in [0.4, 0.5) is 5.69 Å². The van der Waals surface area contributed by atoms with Crippen LogP contribution >= 0.6 is 23.2 Å². The molecule has 2 aromatic rings. The number of nitrogens with one attached hydrogen (secondary N) is 2. The normalized spacial score (nSPS) is 19.2. The summed E-state index contributed by atoms with van der Waals surface area (Å²) >= 11 is 12.4. The fourth-order valence-electron chi connectivity index (χ4n) is 3.47. The highest BCUT2D eigenvalue weighted by atomic mass is 35.5. The zero-order chi connectivity index (χ0) is 19.2. The van der Waals surface area contributed by atoms with Gasteiger partial charge in [0.05, 0.1) is 32.8 Å². The molecule has 1 aromatic heterocycles. The molecule has 0 bridgehead atoms. The van der Waals surface area contributed by atoms with Crippen LogP contribution in [0.5, 0.6) is 0 Å². The summed E-state index contributed by atoms with van der Waals surface area (Å²) in [6, 6.07) is 5.92. The van der Waals surface area contributed by atoms with Crippen molar-refractivity contribution in [1.82, 2.24) is 14.9 Å². The van der Waals surface area contributed by atoms with Crippen LogP contribution < -0.4 is 16.2 Å². The van der Waals surface area contributed by atoms with E-state index in [1.807, 2.05) is 18.2 Å². The van der Waals surface area contributed by atoms with Gasteiger partial charge in [0.1, 0.15) is 0 Å². The smallest absolute Gasteiger partial charge is 0.261 e. The number of fused-ring (bicyclic) bond motifs is 1. The van der Waals surface area contributed by atoms with E-state index < -0.39 is 5.54 Å². The SMILES string of the molecule is C=C/C(=C(/Cl)C(=C)Cl)C1(Nc2ccc3ncn(C4CC4)c(=O)c3c2)CNC1. The third-order valence-corrected chi connectivity index (χ3v) is 5.87. The minimum absolute atomic E-state index is 0.00131. The van der Waals surface area contributed by atoms with Crippen molar-refractivity contribution in [2.75, 3.05) is 18.4 Å². The number of nitrogens with zero attached hydrogens (tertiary/aromatic N) is 2. The Bertz CT molecular complexity index is 1030. The van der Waals surface area contributed by atoms with Gasteiger partial charge in [0.2, 0.25) is 0 Å². The number of anilines is 1. The van der Waals surface area contributed by atoms with E-state index >= 15 is 0 Å². The van der Waals surface area contributed by atoms with Gasteiger partial charge in [-0.15, -0.1) is 0 Å². The highest BCUT2D eigenvalue weighted by Crippen LogP contribution is 2.36. The lowest BCUT2D eigenvalue weighted by molar-refractivity contribution is 0.365. The second kappa shape index (κ2) is 6.82. The molecule has 140 valence electrons. The summed E-state index contributed by atoms with van der Waals surface area (Å²) in [5, 5.41) is 8.03. The molecule has 5 nitrogen and oxygen atoms in total. The topological polar surface area (TPSA) is 59.0 Å². The maximum absolute atomic E-state index is 12.8. The molecule has 7 heteroatoms. The Kier molecular flexibility index (Phi) is 4.62. The predicted octanol–water partition coefficient (Wildman–Crippen LogP) is 3.92. The Morgan fingerprint density at radius 3 is 2.67 bits per heavy atom. The Balaban J connectivity index is 1.75. The van der Waals surface area contributed by atoms with E-state index in [1.54, 1.807) is 17.0 Å². The second-order valence-corrected chi connectivity index (χ2v) is 7.90. The summed E-state index contributed by atoms with van der Waals surface area (Å²) in [6.07, 6.45) is 5.42. The Morgan fingerprint density at radius 2 is 2.11 bits per heavy atom. The number of benzene rings is 1. The van der Waals surface area contributed by atoms with E-state index in [-0.39, 0.29) is 16.6 Å². The van der Waals surface area contributed by atoms with Crippen molar-refractivity contribution < 1.29 is 0 Å². The number of hydrogen-bond acceptors (Lipinski definition) is 4. The summed E-state index contributed by atoms with van der Waals surface area (Å²) in [5.74, 6) is 0. The van der Waals surface area contributed by atoms with Crippen LogP contribution in [-0.2, 0) is 0 Å². The standard InChI is InChI=1S/C20H20Cl2N4O/c1-3-16(18(22)12(2)21)20(9-23-10-20)25-13-4-7-17-15(8-13)19(27)26(11-24-17)14-5-6-14/h3-4,7-8,11,14,23,25H,1-2,5-6,9-10H2/b18-16-. The highest BCUT2D eigenvalue weighted by Gasteiger charge is 2.41. The van der Waals surface area contributed by atoms with Crippen LogP contribution in [0.2, 0.25) is 0 Å². The number of allylic oxidation sites excluding steroid dienone is 2. The molecular weight excluding hydrogens is 383 g/mol. The van der Waals surface area contributed by atoms with Gasteiger partial charge in [0.15, 0.2) is 0 Å². The van der Waals surface area contributed by atoms with Crippen molar-refractivity contribution in [3.63, 3.8) is 0 Å². The quantitative estimate of drug-likeness (QED) is 0.718. The molecule has 4 rings (SSSR count). The first-order valence-electron chi connectivity index (χ1n) is 8.82. The fraction of sp³-hybridized carbons (Fsp3) is 0.300. The van der Waals surface area contributed by atoms with Gasteiger partial charge < -0.3 is 10.6 Å². The van der Waals surface area contributed by atoms with Crippen LogP contribution in [0.3, 0.4) is 0 Å². The molecule has 1 saturated carbocycles. The van der Waals surface area contributed by atoms with Gasteiger partial charge in [0.25, 0.3) is 5.56 Å². The third kappa shape index (κ3) is 3.20. The zero-order valence-corrected chi connectivity index (χ0v) is 16.3. The van der Waals surface area contributed by atoms with Gasteiger partial charge in [0, 0.05) is 24.8 Å². The van der Waals surface area contributed by atoms with Crippen molar-refractivity contribution >= 4 is 39.8 Å². The molecular formula is C20H20Cl2N4O. The minimum Gasteiger partial charge on any atom is -0.373 e. The predicted molar refractivity (Wildman–Crippen MR) is 112 cm³/mol. The molecule has 2 aliphatic rings. The first kappa shape index (κ1) is 18.3. The van der Waals surface area contributed by atoms with Crippen molar-refractivity contribution in [2.24, 2.45) is 0 Å². The Hall–Kier alpha value is -2.08. The van der Waals surface area contributed by atoms with Crippen LogP contribution in [0.25, 0.3) is 10.9 Å². The van der Waals surface area contributed by atoms with Crippen molar-refractivity contribution in [2.45, 2.75) is 24.4 Å². The summed E-state index contributed by atoms with van der Waals surface area (Å²) in [7, 11) is 0. The van der Waals surface area contributed by atoms with E-state index in [1.165, 1.54) is 0 Å². The molecule has 1 aliphatic carbocycles. The van der Waals surface area contributed by atoms with E-state index in [0.29, 0.717) is 29.0 Å². The maximum Gasteiger partial charge on any atom is 0.261 e. The van der Waals surface area contributed by atoms with Crippen molar-refractivity contribution in [3.05, 3.63) is 69.8 Å². The first-order valence-corrected chi connectivity index (χ1v) is 9.58. The molecule has 2 fully saturated rings. The lowest BCUT2D eigenvalue weighted by Crippen LogP contribution is -2.65. The minimum atomic E-state index is -0.456. The molecule has 0 unspecified atom stereocenters. The average molecular weight is 403 g/mol. The maximum atomic E-state index is 12.8. The number of hydrogen-bond donors (Lipinski definition) is 2. The van der Waals surface area contributed by atoms with E-state index in [0.717, 1.165) is 24.1 Å². The van der Waals surface area contributed by atoms with Crippen molar-refractivity contribution in [1.29, 1.82) is 0 Å². The lowest BCUT2D eigenvalue weighted by atomic mass is 9.82. The molecule has 0 spiro atoms. The number of rotatable bonds is 6. The number of aromatic nitrogens is 2. The number of halogens is 2. The molecule has 1 aromatic carbocycles. The Morgan fingerprint density at radius 1 is 1.37 bits per heavy atom. The van der Waals surface area contributed by atoms with Gasteiger partial charge in [-0.3, -0.25) is 9.36 Å². The van der Waals surface area contributed by atoms with Gasteiger partial charge in [-0.1, -0.05) is 42.4 Å². The van der Waals surface area contributed by atoms with Crippen LogP contribution in [0, 0.1) is 0 Å². The monoisotopic (exact) mass is 402 g/mol. The fourth-order valence-corrected chi connectivity index (χ4v) is 3.82. The molecule has 2 N–H and O–H groups in total. The molecule has 1 aliphatic heterocycles. The molecule has 0 atom stereocenters. The third-order valence-electron chi connectivity index (χ3n) is 5.15. The highest BCUT2D eigenvalue weighted by molar-refractivity contribution is 6.44. The van der Waals surface area contributed by atoms with Crippen LogP contribution in [0.15, 0.2) is 64.2 Å². The summed E-state index contributed by atoms with van der Waals surface area (Å²) in [5.41, 5.74) is 1.83. The molecule has 27 heavy (non-hydrogen) atoms. The second-order valence-electron chi connectivity index (χ2n) is 7.07. The summed E-state index contributed by atoms with van der Waals surface area (Å²) in [4.78, 5) is 17.2.